The molecule has 1 fully saturated rings. The number of aromatic nitrogens is 1. The highest BCUT2D eigenvalue weighted by Gasteiger charge is 2.28. The van der Waals surface area contributed by atoms with Crippen LogP contribution in [0.25, 0.3) is 0 Å². The summed E-state index contributed by atoms with van der Waals surface area (Å²) in [6.45, 7) is 7.29. The molecule has 0 amide bonds. The van der Waals surface area contributed by atoms with Gasteiger partial charge < -0.3 is 14.8 Å². The zero-order valence-corrected chi connectivity index (χ0v) is 14.5. The van der Waals surface area contributed by atoms with Crippen molar-refractivity contribution in [2.75, 3.05) is 19.6 Å². The third kappa shape index (κ3) is 4.44. The number of aryl methyl sites for hydroxylation is 1. The van der Waals surface area contributed by atoms with E-state index in [9.17, 15) is 5.11 Å². The highest BCUT2D eigenvalue weighted by molar-refractivity contribution is 5.13. The van der Waals surface area contributed by atoms with E-state index in [1.165, 1.54) is 5.56 Å². The third-order valence-corrected chi connectivity index (χ3v) is 4.72. The number of likely N-dealkylation sites (tertiary alicyclic amines) is 1. The molecular formula is C19H27N3O2. The van der Waals surface area contributed by atoms with Crippen molar-refractivity contribution in [1.82, 2.24) is 15.2 Å². The second-order valence-corrected chi connectivity index (χ2v) is 6.98. The summed E-state index contributed by atoms with van der Waals surface area (Å²) in [6.07, 6.45) is 5.93. The summed E-state index contributed by atoms with van der Waals surface area (Å²) in [5.74, 6) is 1.45. The predicted molar refractivity (Wildman–Crippen MR) is 93.6 cm³/mol. The number of pyridine rings is 1. The van der Waals surface area contributed by atoms with Gasteiger partial charge in [-0.15, -0.1) is 0 Å². The van der Waals surface area contributed by atoms with Crippen molar-refractivity contribution in [2.24, 2.45) is 0 Å². The monoisotopic (exact) mass is 329 g/mol. The van der Waals surface area contributed by atoms with E-state index in [-0.39, 0.29) is 0 Å². The SMILES string of the molecule is Cc1ccc(C(C)(O)CNC2CCN(Cc3cccnc3)CC2)o1. The van der Waals surface area contributed by atoms with E-state index >= 15 is 0 Å². The molecule has 0 aliphatic carbocycles. The Morgan fingerprint density at radius 3 is 2.75 bits per heavy atom. The molecule has 1 unspecified atom stereocenters. The molecular weight excluding hydrogens is 302 g/mol. The van der Waals surface area contributed by atoms with Crippen LogP contribution in [0.2, 0.25) is 0 Å². The summed E-state index contributed by atoms with van der Waals surface area (Å²) in [6, 6.07) is 8.30. The van der Waals surface area contributed by atoms with Crippen molar-refractivity contribution in [3.05, 3.63) is 53.7 Å². The lowest BCUT2D eigenvalue weighted by Gasteiger charge is -2.34. The van der Waals surface area contributed by atoms with Gasteiger partial charge in [-0.25, -0.2) is 0 Å². The van der Waals surface area contributed by atoms with E-state index in [1.54, 1.807) is 6.92 Å². The molecule has 3 heterocycles. The Kier molecular flexibility index (Phi) is 5.33. The van der Waals surface area contributed by atoms with Crippen LogP contribution >= 0.6 is 0 Å². The van der Waals surface area contributed by atoms with E-state index in [4.69, 9.17) is 4.42 Å². The van der Waals surface area contributed by atoms with Gasteiger partial charge in [0.1, 0.15) is 17.1 Å². The first-order valence-corrected chi connectivity index (χ1v) is 8.67. The van der Waals surface area contributed by atoms with E-state index < -0.39 is 5.60 Å². The molecule has 130 valence electrons. The standard InChI is InChI=1S/C19H27N3O2/c1-15-5-6-18(24-15)19(2,23)14-21-17-7-10-22(11-8-17)13-16-4-3-9-20-12-16/h3-6,9,12,17,21,23H,7-8,10-11,13-14H2,1-2H3. The Morgan fingerprint density at radius 1 is 1.33 bits per heavy atom. The molecule has 5 nitrogen and oxygen atoms in total. The van der Waals surface area contributed by atoms with Gasteiger partial charge in [0.2, 0.25) is 0 Å². The average Bonchev–Trinajstić information content (AvgIpc) is 3.03. The molecule has 0 radical (unpaired) electrons. The van der Waals surface area contributed by atoms with Crippen molar-refractivity contribution in [3.63, 3.8) is 0 Å². The third-order valence-electron chi connectivity index (χ3n) is 4.72. The summed E-state index contributed by atoms with van der Waals surface area (Å²) < 4.78 is 5.57. The number of nitrogens with one attached hydrogen (secondary N) is 1. The zero-order valence-electron chi connectivity index (χ0n) is 14.5. The topological polar surface area (TPSA) is 61.5 Å². The molecule has 2 aromatic rings. The van der Waals surface area contributed by atoms with E-state index in [1.807, 2.05) is 37.5 Å². The van der Waals surface area contributed by atoms with Gasteiger partial charge in [0.05, 0.1) is 0 Å². The van der Waals surface area contributed by atoms with Crippen LogP contribution in [0.5, 0.6) is 0 Å². The van der Waals surface area contributed by atoms with E-state index in [0.717, 1.165) is 38.2 Å². The molecule has 1 atom stereocenters. The summed E-state index contributed by atoms with van der Waals surface area (Å²) in [4.78, 5) is 6.64. The van der Waals surface area contributed by atoms with Crippen LogP contribution < -0.4 is 5.32 Å². The first kappa shape index (κ1) is 17.1. The lowest BCUT2D eigenvalue weighted by atomic mass is 10.0. The van der Waals surface area contributed by atoms with Crippen LogP contribution in [-0.4, -0.2) is 40.7 Å². The molecule has 0 bridgehead atoms. The zero-order chi connectivity index (χ0) is 17.0. The van der Waals surface area contributed by atoms with Gasteiger partial charge in [0.25, 0.3) is 0 Å². The molecule has 5 heteroatoms. The minimum atomic E-state index is -0.971. The normalized spacial score (nSPS) is 19.3. The molecule has 2 N–H and O–H groups in total. The first-order chi connectivity index (χ1) is 11.5. The molecule has 24 heavy (non-hydrogen) atoms. The van der Waals surface area contributed by atoms with Crippen molar-refractivity contribution in [1.29, 1.82) is 0 Å². The fraction of sp³-hybridized carbons (Fsp3) is 0.526. The summed E-state index contributed by atoms with van der Waals surface area (Å²) in [5, 5.41) is 14.1. The van der Waals surface area contributed by atoms with Gasteiger partial charge in [-0.3, -0.25) is 9.88 Å². The highest BCUT2D eigenvalue weighted by Crippen LogP contribution is 2.23. The molecule has 0 saturated carbocycles. The minimum Gasteiger partial charge on any atom is -0.463 e. The Morgan fingerprint density at radius 2 is 2.12 bits per heavy atom. The number of rotatable bonds is 6. The second kappa shape index (κ2) is 7.47. The van der Waals surface area contributed by atoms with Crippen LogP contribution in [0.4, 0.5) is 0 Å². The van der Waals surface area contributed by atoms with Gasteiger partial charge in [-0.2, -0.15) is 0 Å². The lowest BCUT2D eigenvalue weighted by molar-refractivity contribution is 0.0280. The fourth-order valence-corrected chi connectivity index (χ4v) is 3.20. The molecule has 2 aromatic heterocycles. The molecule has 0 aromatic carbocycles. The van der Waals surface area contributed by atoms with E-state index in [0.29, 0.717) is 18.3 Å². The predicted octanol–water partition coefficient (Wildman–Crippen LogP) is 2.44. The van der Waals surface area contributed by atoms with Gasteiger partial charge >= 0.3 is 0 Å². The van der Waals surface area contributed by atoms with Crippen LogP contribution in [0.15, 0.2) is 41.1 Å². The maximum atomic E-state index is 10.6. The number of aliphatic hydroxyl groups is 1. The molecule has 3 rings (SSSR count). The van der Waals surface area contributed by atoms with Gasteiger partial charge in [-0.05, 0) is 63.5 Å². The average molecular weight is 329 g/mol. The first-order valence-electron chi connectivity index (χ1n) is 8.67. The highest BCUT2D eigenvalue weighted by atomic mass is 16.4. The minimum absolute atomic E-state index is 0.442. The number of furan rings is 1. The van der Waals surface area contributed by atoms with Crippen LogP contribution in [0.3, 0.4) is 0 Å². The maximum absolute atomic E-state index is 10.6. The maximum Gasteiger partial charge on any atom is 0.136 e. The Bertz CT molecular complexity index is 631. The molecule has 1 saturated heterocycles. The Balaban J connectivity index is 1.44. The molecule has 1 aliphatic heterocycles. The molecule has 0 spiro atoms. The van der Waals surface area contributed by atoms with Gasteiger partial charge in [0.15, 0.2) is 0 Å². The number of hydrogen-bond donors (Lipinski definition) is 2. The van der Waals surface area contributed by atoms with Gasteiger partial charge in [0, 0.05) is 31.5 Å². The number of hydrogen-bond acceptors (Lipinski definition) is 5. The quantitative estimate of drug-likeness (QED) is 0.852. The van der Waals surface area contributed by atoms with Crippen molar-refractivity contribution in [3.8, 4) is 0 Å². The van der Waals surface area contributed by atoms with Crippen LogP contribution in [0.1, 0.15) is 36.8 Å². The smallest absolute Gasteiger partial charge is 0.136 e. The summed E-state index contributed by atoms with van der Waals surface area (Å²) in [5.41, 5.74) is 0.293. The van der Waals surface area contributed by atoms with Crippen molar-refractivity contribution >= 4 is 0 Å². The number of nitrogens with zero attached hydrogens (tertiary/aromatic N) is 2. The number of piperidine rings is 1. The van der Waals surface area contributed by atoms with Crippen molar-refractivity contribution in [2.45, 2.75) is 44.9 Å². The fourth-order valence-electron chi connectivity index (χ4n) is 3.20. The summed E-state index contributed by atoms with van der Waals surface area (Å²) >= 11 is 0. The van der Waals surface area contributed by atoms with Gasteiger partial charge in [-0.1, -0.05) is 6.07 Å². The van der Waals surface area contributed by atoms with E-state index in [2.05, 4.69) is 21.3 Å². The molecule has 1 aliphatic rings. The van der Waals surface area contributed by atoms with Crippen LogP contribution in [0, 0.1) is 6.92 Å². The second-order valence-electron chi connectivity index (χ2n) is 6.98. The lowest BCUT2D eigenvalue weighted by Crippen LogP contribution is -2.46. The summed E-state index contributed by atoms with van der Waals surface area (Å²) in [7, 11) is 0. The van der Waals surface area contributed by atoms with Crippen molar-refractivity contribution < 1.29 is 9.52 Å². The Hall–Kier alpha value is -1.69. The Labute approximate surface area is 143 Å². The largest absolute Gasteiger partial charge is 0.463 e. The van der Waals surface area contributed by atoms with Crippen LogP contribution in [-0.2, 0) is 12.1 Å².